The second-order valence-electron chi connectivity index (χ2n) is 7.03. The number of aryl methyl sites for hydroxylation is 1. The van der Waals surface area contributed by atoms with Crippen LogP contribution in [0.1, 0.15) is 37.3 Å². The van der Waals surface area contributed by atoms with Crippen LogP contribution < -0.4 is 5.73 Å². The van der Waals surface area contributed by atoms with Crippen molar-refractivity contribution in [3.8, 4) is 11.5 Å². The lowest BCUT2D eigenvalue weighted by atomic mass is 10.1. The predicted octanol–water partition coefficient (Wildman–Crippen LogP) is 4.39. The van der Waals surface area contributed by atoms with Crippen molar-refractivity contribution >= 4 is 16.9 Å². The number of anilines is 1. The fourth-order valence-electron chi connectivity index (χ4n) is 3.36. The van der Waals surface area contributed by atoms with Gasteiger partial charge < -0.3 is 5.73 Å². The molecule has 0 radical (unpaired) electrons. The summed E-state index contributed by atoms with van der Waals surface area (Å²) < 4.78 is 15.8. The van der Waals surface area contributed by atoms with Crippen molar-refractivity contribution in [2.75, 3.05) is 5.73 Å². The van der Waals surface area contributed by atoms with E-state index in [9.17, 15) is 4.39 Å². The van der Waals surface area contributed by atoms with Gasteiger partial charge in [-0.15, -0.1) is 0 Å². The highest BCUT2D eigenvalue weighted by Gasteiger charge is 2.17. The lowest BCUT2D eigenvalue weighted by molar-refractivity contribution is 0.589. The first-order valence-corrected chi connectivity index (χ1v) is 9.84. The largest absolute Gasteiger partial charge is 0.383 e. The zero-order valence-corrected chi connectivity index (χ0v) is 16.3. The Labute approximate surface area is 168 Å². The van der Waals surface area contributed by atoms with E-state index in [2.05, 4.69) is 27.0 Å². The summed E-state index contributed by atoms with van der Waals surface area (Å²) in [6.07, 6.45) is 7.70. The molecule has 0 saturated carbocycles. The number of rotatable bonds is 7. The predicted molar refractivity (Wildman–Crippen MR) is 112 cm³/mol. The van der Waals surface area contributed by atoms with E-state index in [1.807, 2.05) is 12.1 Å². The van der Waals surface area contributed by atoms with Gasteiger partial charge in [-0.05, 0) is 31.0 Å². The topological polar surface area (TPSA) is 82.5 Å². The van der Waals surface area contributed by atoms with Crippen LogP contribution in [0.5, 0.6) is 0 Å². The second-order valence-corrected chi connectivity index (χ2v) is 7.03. The highest BCUT2D eigenvalue weighted by atomic mass is 19.1. The number of benzene rings is 1. The van der Waals surface area contributed by atoms with Gasteiger partial charge in [0, 0.05) is 23.5 Å². The Kier molecular flexibility index (Phi) is 5.46. The molecular weight excluding hydrogens is 367 g/mol. The van der Waals surface area contributed by atoms with Crippen molar-refractivity contribution in [3.05, 3.63) is 65.7 Å². The average Bonchev–Trinajstić information content (AvgIpc) is 3.10. The maximum absolute atomic E-state index is 14.1. The molecule has 4 aromatic rings. The van der Waals surface area contributed by atoms with Gasteiger partial charge in [0.15, 0.2) is 11.5 Å². The number of hydrogen-bond donors (Lipinski definition) is 1. The molecule has 0 fully saturated rings. The quantitative estimate of drug-likeness (QED) is 0.473. The summed E-state index contributed by atoms with van der Waals surface area (Å²) in [4.78, 5) is 13.4. The van der Waals surface area contributed by atoms with E-state index >= 15 is 0 Å². The molecule has 0 saturated heterocycles. The summed E-state index contributed by atoms with van der Waals surface area (Å²) in [5.41, 5.74) is 8.93. The zero-order chi connectivity index (χ0) is 20.2. The second kappa shape index (κ2) is 8.34. The minimum Gasteiger partial charge on any atom is -0.383 e. The maximum Gasteiger partial charge on any atom is 0.182 e. The molecule has 0 bridgehead atoms. The first-order chi connectivity index (χ1) is 14.2. The third-order valence-electron chi connectivity index (χ3n) is 4.94. The van der Waals surface area contributed by atoms with Crippen LogP contribution in [-0.4, -0.2) is 24.7 Å². The molecule has 0 aliphatic rings. The molecule has 2 N–H and O–H groups in total. The minimum atomic E-state index is -0.273. The van der Waals surface area contributed by atoms with Crippen molar-refractivity contribution in [1.82, 2.24) is 24.7 Å². The van der Waals surface area contributed by atoms with Crippen molar-refractivity contribution in [2.45, 2.75) is 39.2 Å². The number of pyridine rings is 1. The van der Waals surface area contributed by atoms with E-state index in [0.717, 1.165) is 36.6 Å². The van der Waals surface area contributed by atoms with Crippen LogP contribution in [0.4, 0.5) is 10.2 Å². The summed E-state index contributed by atoms with van der Waals surface area (Å²) in [5, 5.41) is 5.46. The molecule has 29 heavy (non-hydrogen) atoms. The number of fused-ring (bicyclic) bond motifs is 1. The normalized spacial score (nSPS) is 11.2. The van der Waals surface area contributed by atoms with Crippen molar-refractivity contribution in [3.63, 3.8) is 0 Å². The third kappa shape index (κ3) is 3.94. The van der Waals surface area contributed by atoms with E-state index < -0.39 is 0 Å². The molecule has 0 amide bonds. The van der Waals surface area contributed by atoms with Gasteiger partial charge in [-0.3, -0.25) is 0 Å². The Hall–Kier alpha value is -3.35. The van der Waals surface area contributed by atoms with Crippen LogP contribution in [0.3, 0.4) is 0 Å². The number of unbranched alkanes of at least 4 members (excludes halogenated alkanes) is 2. The monoisotopic (exact) mass is 390 g/mol. The van der Waals surface area contributed by atoms with Gasteiger partial charge in [-0.25, -0.2) is 24.0 Å². The fourth-order valence-corrected chi connectivity index (χ4v) is 3.36. The van der Waals surface area contributed by atoms with Crippen LogP contribution in [0.25, 0.3) is 22.6 Å². The van der Waals surface area contributed by atoms with Crippen molar-refractivity contribution in [1.29, 1.82) is 0 Å². The number of nitrogens with zero attached hydrogens (tertiary/aromatic N) is 5. The van der Waals surface area contributed by atoms with Crippen molar-refractivity contribution in [2.24, 2.45) is 0 Å². The number of nitrogen functional groups attached to an aromatic ring is 1. The Morgan fingerprint density at radius 1 is 1.03 bits per heavy atom. The van der Waals surface area contributed by atoms with Gasteiger partial charge in [-0.1, -0.05) is 38.0 Å². The van der Waals surface area contributed by atoms with Crippen LogP contribution in [-0.2, 0) is 13.0 Å². The SMILES string of the molecule is CCCCCc1cnc(-c2nn(Cc3ccccc3F)c3ncccc23)nc1N. The van der Waals surface area contributed by atoms with E-state index in [1.165, 1.54) is 6.07 Å². The lowest BCUT2D eigenvalue weighted by Gasteiger charge is -2.05. The van der Waals surface area contributed by atoms with E-state index in [-0.39, 0.29) is 12.4 Å². The molecule has 0 unspecified atom stereocenters. The zero-order valence-electron chi connectivity index (χ0n) is 16.3. The maximum atomic E-state index is 14.1. The van der Waals surface area contributed by atoms with E-state index in [1.54, 1.807) is 35.3 Å². The molecule has 1 aromatic carbocycles. The molecular formula is C22H23FN6. The standard InChI is InChI=1S/C22H23FN6/c1-2-3-4-8-15-13-26-21(27-20(15)24)19-17-10-7-12-25-22(17)29(28-19)14-16-9-5-6-11-18(16)23/h5-7,9-13H,2-4,8,14H2,1H3,(H2,24,26,27). The molecule has 7 heteroatoms. The van der Waals surface area contributed by atoms with Gasteiger partial charge in [0.1, 0.15) is 17.3 Å². The molecule has 6 nitrogen and oxygen atoms in total. The Morgan fingerprint density at radius 2 is 1.90 bits per heavy atom. The van der Waals surface area contributed by atoms with Gasteiger partial charge in [0.25, 0.3) is 0 Å². The number of hydrogen-bond acceptors (Lipinski definition) is 5. The smallest absolute Gasteiger partial charge is 0.182 e. The minimum absolute atomic E-state index is 0.269. The number of nitrogens with two attached hydrogens (primary N) is 1. The Balaban J connectivity index is 1.71. The van der Waals surface area contributed by atoms with Crippen molar-refractivity contribution < 1.29 is 4.39 Å². The molecule has 3 heterocycles. The molecule has 0 aliphatic carbocycles. The molecule has 148 valence electrons. The van der Waals surface area contributed by atoms with E-state index in [4.69, 9.17) is 5.73 Å². The number of aromatic nitrogens is 5. The molecule has 3 aromatic heterocycles. The average molecular weight is 390 g/mol. The van der Waals surface area contributed by atoms with Crippen LogP contribution in [0.15, 0.2) is 48.8 Å². The molecule has 4 rings (SSSR count). The summed E-state index contributed by atoms with van der Waals surface area (Å²) in [6, 6.07) is 10.4. The third-order valence-corrected chi connectivity index (χ3v) is 4.94. The first-order valence-electron chi connectivity index (χ1n) is 9.84. The lowest BCUT2D eigenvalue weighted by Crippen LogP contribution is -2.05. The Bertz CT molecular complexity index is 1140. The molecule has 0 spiro atoms. The fraction of sp³-hybridized carbons (Fsp3) is 0.273. The van der Waals surface area contributed by atoms with Gasteiger partial charge in [-0.2, -0.15) is 5.10 Å². The first kappa shape index (κ1) is 19.0. The highest BCUT2D eigenvalue weighted by Crippen LogP contribution is 2.26. The highest BCUT2D eigenvalue weighted by molar-refractivity contribution is 5.89. The van der Waals surface area contributed by atoms with E-state index in [0.29, 0.717) is 28.5 Å². The van der Waals surface area contributed by atoms with Crippen LogP contribution in [0, 0.1) is 5.82 Å². The van der Waals surface area contributed by atoms with Gasteiger partial charge >= 0.3 is 0 Å². The van der Waals surface area contributed by atoms with Gasteiger partial charge in [0.2, 0.25) is 0 Å². The summed E-state index contributed by atoms with van der Waals surface area (Å²) in [7, 11) is 0. The Morgan fingerprint density at radius 3 is 2.69 bits per heavy atom. The van der Waals surface area contributed by atoms with Gasteiger partial charge in [0.05, 0.1) is 11.9 Å². The van der Waals surface area contributed by atoms with Crippen LogP contribution in [0.2, 0.25) is 0 Å². The molecule has 0 aliphatic heterocycles. The summed E-state index contributed by atoms with van der Waals surface area (Å²) in [5.74, 6) is 0.657. The van der Waals surface area contributed by atoms with Crippen LogP contribution >= 0.6 is 0 Å². The molecule has 0 atom stereocenters. The number of halogens is 1. The summed E-state index contributed by atoms with van der Waals surface area (Å²) >= 11 is 0. The summed E-state index contributed by atoms with van der Waals surface area (Å²) in [6.45, 7) is 2.44.